The molecule has 1 aliphatic heterocycles. The number of rotatable bonds is 8. The van der Waals surface area contributed by atoms with E-state index < -0.39 is 11.7 Å². The maximum Gasteiger partial charge on any atom is 0.258 e. The lowest BCUT2D eigenvalue weighted by atomic mass is 9.98. The fraction of sp³-hybridized carbons (Fsp3) is 0.391. The van der Waals surface area contributed by atoms with Crippen molar-refractivity contribution in [3.05, 3.63) is 63.4 Å². The molecule has 0 aromatic heterocycles. The summed E-state index contributed by atoms with van der Waals surface area (Å²) in [4.78, 5) is 19.3. The summed E-state index contributed by atoms with van der Waals surface area (Å²) in [5, 5.41) is 5.89. The number of hydrogen-bond donors (Lipinski definition) is 3. The highest BCUT2D eigenvalue weighted by Gasteiger charge is 2.17. The molecule has 1 aliphatic rings. The van der Waals surface area contributed by atoms with Crippen LogP contribution in [0.3, 0.4) is 0 Å². The third-order valence-corrected chi connectivity index (χ3v) is 5.89. The largest absolute Gasteiger partial charge is 0.496 e. The van der Waals surface area contributed by atoms with Gasteiger partial charge in [0.25, 0.3) is 5.91 Å². The molecule has 2 aromatic rings. The fourth-order valence-corrected chi connectivity index (χ4v) is 4.11. The van der Waals surface area contributed by atoms with Gasteiger partial charge in [-0.2, -0.15) is 0 Å². The lowest BCUT2D eigenvalue weighted by molar-refractivity contribution is 0.0975. The van der Waals surface area contributed by atoms with Gasteiger partial charge in [-0.3, -0.25) is 20.0 Å². The minimum atomic E-state index is -0.468. The minimum absolute atomic E-state index is 0.0361. The number of nitrogens with one attached hydrogen (secondary N) is 2. The smallest absolute Gasteiger partial charge is 0.258 e. The molecule has 172 valence electrons. The number of amides is 1. The first-order chi connectivity index (χ1) is 15.5. The van der Waals surface area contributed by atoms with Crippen molar-refractivity contribution < 1.29 is 13.9 Å². The highest BCUT2D eigenvalue weighted by Crippen LogP contribution is 2.25. The summed E-state index contributed by atoms with van der Waals surface area (Å²) >= 11 is 3.45. The molecule has 0 atom stereocenters. The van der Waals surface area contributed by atoms with E-state index in [-0.39, 0.29) is 11.5 Å². The molecule has 2 aromatic carbocycles. The molecule has 4 N–H and O–H groups in total. The van der Waals surface area contributed by atoms with Crippen LogP contribution in [0.4, 0.5) is 4.39 Å². The zero-order valence-corrected chi connectivity index (χ0v) is 19.8. The number of nitrogens with two attached hydrogens (primary N) is 1. The van der Waals surface area contributed by atoms with Crippen LogP contribution < -0.4 is 21.1 Å². The Bertz CT molecular complexity index is 963. The summed E-state index contributed by atoms with van der Waals surface area (Å²) in [6, 6.07) is 10.1. The molecule has 3 rings (SSSR count). The second-order valence-corrected chi connectivity index (χ2v) is 8.45. The van der Waals surface area contributed by atoms with Gasteiger partial charge in [-0.1, -0.05) is 22.0 Å². The Labute approximate surface area is 196 Å². The Morgan fingerprint density at radius 2 is 2.06 bits per heavy atom. The van der Waals surface area contributed by atoms with E-state index in [4.69, 9.17) is 10.5 Å². The van der Waals surface area contributed by atoms with E-state index in [9.17, 15) is 9.18 Å². The minimum Gasteiger partial charge on any atom is -0.496 e. The van der Waals surface area contributed by atoms with Crippen molar-refractivity contribution in [1.29, 1.82) is 0 Å². The molecule has 7 nitrogen and oxygen atoms in total. The number of ether oxygens (including phenoxy) is 1. The summed E-state index contributed by atoms with van der Waals surface area (Å²) in [5.41, 5.74) is 7.41. The molecular formula is C23H29BrFN5O2. The van der Waals surface area contributed by atoms with E-state index in [1.54, 1.807) is 13.2 Å². The van der Waals surface area contributed by atoms with Crippen molar-refractivity contribution in [2.45, 2.75) is 12.8 Å². The van der Waals surface area contributed by atoms with Gasteiger partial charge in [0.1, 0.15) is 11.6 Å². The summed E-state index contributed by atoms with van der Waals surface area (Å²) in [6.45, 7) is 5.13. The highest BCUT2D eigenvalue weighted by molar-refractivity contribution is 9.10. The van der Waals surface area contributed by atoms with E-state index in [1.165, 1.54) is 12.1 Å². The van der Waals surface area contributed by atoms with Crippen LogP contribution in [-0.2, 0) is 12.8 Å². The van der Waals surface area contributed by atoms with Crippen LogP contribution >= 0.6 is 15.9 Å². The summed E-state index contributed by atoms with van der Waals surface area (Å²) < 4.78 is 20.9. The van der Waals surface area contributed by atoms with Gasteiger partial charge in [0.15, 0.2) is 5.96 Å². The van der Waals surface area contributed by atoms with Gasteiger partial charge in [0.05, 0.1) is 13.7 Å². The molecule has 32 heavy (non-hydrogen) atoms. The number of aryl methyl sites for hydroxylation is 1. The van der Waals surface area contributed by atoms with Crippen LogP contribution in [-0.4, -0.2) is 63.1 Å². The van der Waals surface area contributed by atoms with E-state index in [1.807, 2.05) is 18.2 Å². The Hall–Kier alpha value is -2.49. The van der Waals surface area contributed by atoms with E-state index >= 15 is 0 Å². The number of benzene rings is 2. The summed E-state index contributed by atoms with van der Waals surface area (Å²) in [6.07, 6.45) is 0.848. The van der Waals surface area contributed by atoms with Crippen LogP contribution in [0.1, 0.15) is 21.5 Å². The van der Waals surface area contributed by atoms with Gasteiger partial charge >= 0.3 is 0 Å². The number of nitrogens with zero attached hydrogens (tertiary/aromatic N) is 2. The number of guanidine groups is 1. The average Bonchev–Trinajstić information content (AvgIpc) is 2.79. The molecular weight excluding hydrogens is 477 g/mol. The van der Waals surface area contributed by atoms with Crippen LogP contribution in [0.15, 0.2) is 45.9 Å². The van der Waals surface area contributed by atoms with Crippen molar-refractivity contribution in [2.24, 2.45) is 10.7 Å². The number of aliphatic imine (C=N–C) groups is 1. The first kappa shape index (κ1) is 24.2. The molecule has 1 saturated heterocycles. The van der Waals surface area contributed by atoms with Crippen molar-refractivity contribution in [1.82, 2.24) is 15.5 Å². The fourth-order valence-electron chi connectivity index (χ4n) is 3.70. The summed E-state index contributed by atoms with van der Waals surface area (Å²) in [7, 11) is 1.60. The lowest BCUT2D eigenvalue weighted by Crippen LogP contribution is -2.44. The first-order valence-corrected chi connectivity index (χ1v) is 11.4. The molecule has 0 unspecified atom stereocenters. The van der Waals surface area contributed by atoms with Crippen molar-refractivity contribution >= 4 is 27.8 Å². The number of piperazine rings is 1. The number of hydrogen-bond acceptors (Lipinski definition) is 5. The zero-order valence-electron chi connectivity index (χ0n) is 18.2. The van der Waals surface area contributed by atoms with Crippen molar-refractivity contribution in [3.8, 4) is 5.75 Å². The molecule has 1 fully saturated rings. The number of halogens is 2. The van der Waals surface area contributed by atoms with Crippen molar-refractivity contribution in [2.75, 3.05) is 46.4 Å². The molecule has 0 radical (unpaired) electrons. The van der Waals surface area contributed by atoms with Gasteiger partial charge in [-0.05, 0) is 48.7 Å². The summed E-state index contributed by atoms with van der Waals surface area (Å²) in [5.74, 6) is -0.143. The topological polar surface area (TPSA) is 92.0 Å². The highest BCUT2D eigenvalue weighted by atomic mass is 79.9. The maximum absolute atomic E-state index is 14.6. The zero-order chi connectivity index (χ0) is 22.9. The predicted molar refractivity (Wildman–Crippen MR) is 128 cm³/mol. The molecule has 1 amide bonds. The Kier molecular flexibility index (Phi) is 9.01. The second kappa shape index (κ2) is 11.9. The number of carbonyl (C=O) groups is 1. The van der Waals surface area contributed by atoms with Crippen LogP contribution in [0.25, 0.3) is 0 Å². The molecule has 0 saturated carbocycles. The van der Waals surface area contributed by atoms with Crippen LogP contribution in [0.2, 0.25) is 0 Å². The number of methoxy groups -OCH3 is 1. The Morgan fingerprint density at radius 1 is 1.28 bits per heavy atom. The molecule has 1 heterocycles. The maximum atomic E-state index is 14.6. The van der Waals surface area contributed by atoms with Gasteiger partial charge in [-0.25, -0.2) is 4.39 Å². The molecule has 0 aliphatic carbocycles. The van der Waals surface area contributed by atoms with E-state index in [2.05, 4.69) is 36.5 Å². The normalized spacial score (nSPS) is 14.9. The van der Waals surface area contributed by atoms with Crippen molar-refractivity contribution in [3.63, 3.8) is 0 Å². The molecule has 0 spiro atoms. The van der Waals surface area contributed by atoms with E-state index in [0.717, 1.165) is 48.5 Å². The average molecular weight is 506 g/mol. The SMILES string of the molecule is COc1ccc(Br)cc1CCc1c(F)cccc1C(=O)NC(N)=NCCN1CCNCC1. The lowest BCUT2D eigenvalue weighted by Gasteiger charge is -2.26. The van der Waals surface area contributed by atoms with Crippen LogP contribution in [0, 0.1) is 5.82 Å². The van der Waals surface area contributed by atoms with Gasteiger partial charge in [0, 0.05) is 48.3 Å². The second-order valence-electron chi connectivity index (χ2n) is 7.53. The van der Waals surface area contributed by atoms with Crippen LogP contribution in [0.5, 0.6) is 5.75 Å². The predicted octanol–water partition coefficient (Wildman–Crippen LogP) is 2.33. The molecule has 0 bridgehead atoms. The number of carbonyl (C=O) groups excluding carboxylic acids is 1. The third kappa shape index (κ3) is 6.75. The van der Waals surface area contributed by atoms with E-state index in [0.29, 0.717) is 24.9 Å². The Morgan fingerprint density at radius 3 is 2.81 bits per heavy atom. The van der Waals surface area contributed by atoms with Gasteiger partial charge in [0.2, 0.25) is 0 Å². The van der Waals surface area contributed by atoms with Gasteiger partial charge < -0.3 is 15.8 Å². The Balaban J connectivity index is 1.64. The molecule has 9 heteroatoms. The third-order valence-electron chi connectivity index (χ3n) is 5.40. The standard InChI is InChI=1S/C23H29BrFN5O2/c1-32-21-8-6-17(24)15-16(21)5-7-18-19(3-2-4-20(18)25)22(31)29-23(26)28-11-14-30-12-9-27-10-13-30/h2-4,6,8,15,27H,5,7,9-14H2,1H3,(H3,26,28,29,31). The monoisotopic (exact) mass is 505 g/mol. The van der Waals surface area contributed by atoms with Gasteiger partial charge in [-0.15, -0.1) is 0 Å². The quantitative estimate of drug-likeness (QED) is 0.378. The first-order valence-electron chi connectivity index (χ1n) is 10.6.